The van der Waals surface area contributed by atoms with Gasteiger partial charge in [0.2, 0.25) is 17.5 Å². The van der Waals surface area contributed by atoms with E-state index in [1.165, 1.54) is 26.3 Å². The third-order valence-electron chi connectivity index (χ3n) is 5.91. The number of methoxy groups -OCH3 is 3. The molecule has 1 N–H and O–H groups in total. The Hall–Kier alpha value is -3.83. The molecule has 2 aliphatic heterocycles. The summed E-state index contributed by atoms with van der Waals surface area (Å²) in [7, 11) is 4.58. The van der Waals surface area contributed by atoms with Crippen LogP contribution in [0.5, 0.6) is 17.2 Å². The Bertz CT molecular complexity index is 1260. The highest BCUT2D eigenvalue weighted by Crippen LogP contribution is 2.40. The molecule has 0 saturated carbocycles. The first-order valence-electron chi connectivity index (χ1n) is 10.8. The van der Waals surface area contributed by atoms with Gasteiger partial charge >= 0.3 is 0 Å². The average Bonchev–Trinajstić information content (AvgIpc) is 3.53. The van der Waals surface area contributed by atoms with Gasteiger partial charge in [-0.15, -0.1) is 0 Å². The van der Waals surface area contributed by atoms with Gasteiger partial charge in [-0.3, -0.25) is 9.80 Å². The molecule has 1 amide bonds. The van der Waals surface area contributed by atoms with Crippen molar-refractivity contribution in [2.45, 2.75) is 25.0 Å². The Morgan fingerprint density at radius 3 is 2.57 bits per heavy atom. The van der Waals surface area contributed by atoms with Crippen LogP contribution in [0.2, 0.25) is 5.02 Å². The van der Waals surface area contributed by atoms with Gasteiger partial charge in [0.15, 0.2) is 11.5 Å². The Labute approximate surface area is 206 Å². The maximum absolute atomic E-state index is 13.1. The highest BCUT2D eigenvalue weighted by Gasteiger charge is 2.41. The summed E-state index contributed by atoms with van der Waals surface area (Å²) in [6.45, 7) is 0.0356. The van der Waals surface area contributed by atoms with Crippen LogP contribution in [-0.2, 0) is 11.3 Å². The topological polar surface area (TPSA) is 115 Å². The van der Waals surface area contributed by atoms with Crippen LogP contribution in [0.15, 0.2) is 46.0 Å². The average molecular weight is 499 g/mol. The second kappa shape index (κ2) is 9.43. The van der Waals surface area contributed by atoms with Crippen molar-refractivity contribution in [2.24, 2.45) is 5.10 Å². The van der Waals surface area contributed by atoms with Crippen LogP contribution in [0.1, 0.15) is 23.9 Å². The van der Waals surface area contributed by atoms with Gasteiger partial charge in [0.05, 0.1) is 27.4 Å². The number of halogens is 1. The third kappa shape index (κ3) is 4.24. The van der Waals surface area contributed by atoms with Crippen molar-refractivity contribution in [2.75, 3.05) is 21.3 Å². The second-order valence-electron chi connectivity index (χ2n) is 7.91. The summed E-state index contributed by atoms with van der Waals surface area (Å²) >= 11 is 6.34. The number of carbonyl (C=O) groups excluding carboxylic acids is 1. The smallest absolute Gasteiger partial charge is 0.267 e. The van der Waals surface area contributed by atoms with Gasteiger partial charge in [0.25, 0.3) is 5.91 Å². The molecule has 0 radical (unpaired) electrons. The fraction of sp³-hybridized carbons (Fsp3) is 0.304. The molecule has 3 aromatic rings. The zero-order valence-electron chi connectivity index (χ0n) is 19.3. The number of benzene rings is 2. The number of hydrazine groups is 1. The monoisotopic (exact) mass is 498 g/mol. The zero-order valence-corrected chi connectivity index (χ0v) is 20.0. The summed E-state index contributed by atoms with van der Waals surface area (Å²) in [6.07, 6.45) is 2.13. The lowest BCUT2D eigenvalue weighted by atomic mass is 10.0. The zero-order chi connectivity index (χ0) is 24.5. The standard InChI is InChI=1S/C23H23ClN6O5/c1-32-18-8-13(9-19(33-2)21(18)34-3)22-26-20(35-28-22)11-29-23(31)17-10-16(27-30(17)12-25-29)14-6-4-5-7-15(14)24/h4-9,12,16-17,27H,10-11H2,1-3H3. The summed E-state index contributed by atoms with van der Waals surface area (Å²) in [5.74, 6) is 1.76. The Morgan fingerprint density at radius 1 is 1.14 bits per heavy atom. The Morgan fingerprint density at radius 2 is 1.89 bits per heavy atom. The van der Waals surface area contributed by atoms with Crippen LogP contribution in [0.4, 0.5) is 0 Å². The highest BCUT2D eigenvalue weighted by molar-refractivity contribution is 6.31. The van der Waals surface area contributed by atoms with Gasteiger partial charge in [-0.1, -0.05) is 35.0 Å². The number of amides is 1. The van der Waals surface area contributed by atoms with E-state index < -0.39 is 6.04 Å². The summed E-state index contributed by atoms with van der Waals surface area (Å²) in [5.41, 5.74) is 4.83. The van der Waals surface area contributed by atoms with E-state index in [9.17, 15) is 4.79 Å². The third-order valence-corrected chi connectivity index (χ3v) is 6.26. The van der Waals surface area contributed by atoms with E-state index in [1.54, 1.807) is 23.5 Å². The fourth-order valence-electron chi connectivity index (χ4n) is 4.19. The molecule has 2 unspecified atom stereocenters. The molecule has 2 atom stereocenters. The molecular formula is C23H23ClN6O5. The van der Waals surface area contributed by atoms with Crippen molar-refractivity contribution in [1.82, 2.24) is 25.6 Å². The lowest BCUT2D eigenvalue weighted by Crippen LogP contribution is -2.50. The molecule has 2 aliphatic rings. The molecule has 3 heterocycles. The lowest BCUT2D eigenvalue weighted by Gasteiger charge is -2.29. The van der Waals surface area contributed by atoms with E-state index in [0.717, 1.165) is 5.56 Å². The van der Waals surface area contributed by atoms with Crippen LogP contribution < -0.4 is 19.6 Å². The minimum absolute atomic E-state index is 0.0356. The number of rotatable bonds is 7. The van der Waals surface area contributed by atoms with Crippen molar-refractivity contribution in [3.63, 3.8) is 0 Å². The Balaban J connectivity index is 1.32. The number of nitrogens with zero attached hydrogens (tertiary/aromatic N) is 5. The molecule has 11 nitrogen and oxygen atoms in total. The molecule has 0 aliphatic carbocycles. The van der Waals surface area contributed by atoms with Gasteiger partial charge in [0.1, 0.15) is 18.9 Å². The summed E-state index contributed by atoms with van der Waals surface area (Å²) in [6, 6.07) is 10.5. The van der Waals surface area contributed by atoms with Crippen molar-refractivity contribution in [1.29, 1.82) is 0 Å². The van der Waals surface area contributed by atoms with Crippen LogP contribution in [-0.4, -0.2) is 59.8 Å². The fourth-order valence-corrected chi connectivity index (χ4v) is 4.45. The molecule has 2 aromatic carbocycles. The molecule has 35 heavy (non-hydrogen) atoms. The predicted octanol–water partition coefficient (Wildman–Crippen LogP) is 3.02. The molecule has 0 spiro atoms. The number of hydrazone groups is 1. The number of aromatic nitrogens is 2. The molecule has 0 bridgehead atoms. The van der Waals surface area contributed by atoms with Crippen molar-refractivity contribution >= 4 is 23.8 Å². The lowest BCUT2D eigenvalue weighted by molar-refractivity contribution is -0.137. The maximum atomic E-state index is 13.1. The number of ether oxygens (including phenoxy) is 3. The van der Waals surface area contributed by atoms with Crippen molar-refractivity contribution in [3.8, 4) is 28.6 Å². The van der Waals surface area contributed by atoms with E-state index in [-0.39, 0.29) is 24.4 Å². The van der Waals surface area contributed by atoms with Gasteiger partial charge in [-0.25, -0.2) is 10.4 Å². The molecule has 1 aromatic heterocycles. The second-order valence-corrected chi connectivity index (χ2v) is 8.32. The van der Waals surface area contributed by atoms with E-state index >= 15 is 0 Å². The van der Waals surface area contributed by atoms with Gasteiger partial charge < -0.3 is 18.7 Å². The number of hydrogen-bond acceptors (Lipinski definition) is 10. The number of fused-ring (bicyclic) bond motifs is 1. The molecule has 12 heteroatoms. The normalized spacial score (nSPS) is 19.1. The van der Waals surface area contributed by atoms with E-state index in [4.69, 9.17) is 30.3 Å². The van der Waals surface area contributed by atoms with Crippen LogP contribution in [0.3, 0.4) is 0 Å². The van der Waals surface area contributed by atoms with E-state index in [2.05, 4.69) is 20.7 Å². The maximum Gasteiger partial charge on any atom is 0.267 e. The summed E-state index contributed by atoms with van der Waals surface area (Å²) in [4.78, 5) is 17.6. The van der Waals surface area contributed by atoms with Gasteiger partial charge in [-0.2, -0.15) is 10.1 Å². The first kappa shape index (κ1) is 22.9. The van der Waals surface area contributed by atoms with Crippen LogP contribution >= 0.6 is 11.6 Å². The largest absolute Gasteiger partial charge is 0.493 e. The predicted molar refractivity (Wildman–Crippen MR) is 126 cm³/mol. The summed E-state index contributed by atoms with van der Waals surface area (Å²) in [5, 5.41) is 12.0. The first-order valence-corrected chi connectivity index (χ1v) is 11.2. The first-order chi connectivity index (χ1) is 17.0. The number of nitrogens with one attached hydrogen (secondary N) is 1. The number of hydrogen-bond donors (Lipinski definition) is 1. The van der Waals surface area contributed by atoms with E-state index in [0.29, 0.717) is 40.1 Å². The van der Waals surface area contributed by atoms with Crippen molar-refractivity contribution in [3.05, 3.63) is 52.9 Å². The van der Waals surface area contributed by atoms with E-state index in [1.807, 2.05) is 24.3 Å². The Kier molecular flexibility index (Phi) is 6.18. The minimum Gasteiger partial charge on any atom is -0.493 e. The van der Waals surface area contributed by atoms with Gasteiger partial charge in [-0.05, 0) is 30.2 Å². The minimum atomic E-state index is -0.425. The molecule has 1 saturated heterocycles. The van der Waals surface area contributed by atoms with Crippen LogP contribution in [0, 0.1) is 0 Å². The molecule has 182 valence electrons. The van der Waals surface area contributed by atoms with Gasteiger partial charge in [0, 0.05) is 10.6 Å². The molecule has 5 rings (SSSR count). The quantitative estimate of drug-likeness (QED) is 0.524. The SMILES string of the molecule is COc1cc(-c2noc(CN3N=CN4NC(c5ccccc5Cl)CC4C3=O)n2)cc(OC)c1OC. The number of carbonyl (C=O) groups is 1. The summed E-state index contributed by atoms with van der Waals surface area (Å²) < 4.78 is 21.5. The molecular weight excluding hydrogens is 476 g/mol. The van der Waals surface area contributed by atoms with Crippen LogP contribution in [0.25, 0.3) is 11.4 Å². The molecule has 1 fully saturated rings. The van der Waals surface area contributed by atoms with Crippen molar-refractivity contribution < 1.29 is 23.5 Å². The highest BCUT2D eigenvalue weighted by atomic mass is 35.5.